The Bertz CT molecular complexity index is 1310. The van der Waals surface area contributed by atoms with Crippen LogP contribution in [0.2, 0.25) is 0 Å². The number of carbonyl (C=O) groups is 1. The third-order valence-corrected chi connectivity index (χ3v) is 6.56. The van der Waals surface area contributed by atoms with Crippen molar-refractivity contribution < 1.29 is 23.7 Å². The Morgan fingerprint density at radius 3 is 2.57 bits per heavy atom. The topological polar surface area (TPSA) is 122 Å². The highest BCUT2D eigenvalue weighted by Crippen LogP contribution is 2.38. The van der Waals surface area contributed by atoms with Crippen molar-refractivity contribution in [1.82, 2.24) is 15.3 Å². The van der Waals surface area contributed by atoms with Crippen molar-refractivity contribution in [2.24, 2.45) is 0 Å². The molecule has 0 spiro atoms. The molecule has 0 bridgehead atoms. The molecule has 2 N–H and O–H groups in total. The number of anilines is 1. The van der Waals surface area contributed by atoms with Crippen molar-refractivity contribution in [2.45, 2.75) is 71.1 Å². The highest BCUT2D eigenvalue weighted by molar-refractivity contribution is 5.88. The number of fused-ring (bicyclic) bond motifs is 2. The van der Waals surface area contributed by atoms with Crippen LogP contribution in [-0.4, -0.2) is 47.0 Å². The maximum absolute atomic E-state index is 12.1. The highest BCUT2D eigenvalue weighted by atomic mass is 16.6. The second-order valence-electron chi connectivity index (χ2n) is 10.6. The van der Waals surface area contributed by atoms with Crippen LogP contribution in [-0.2, 0) is 4.74 Å². The fourth-order valence-electron chi connectivity index (χ4n) is 4.83. The number of carbonyl (C=O) groups excluding carboxylic acids is 1. The molecule has 0 saturated heterocycles. The zero-order chi connectivity index (χ0) is 26.2. The Morgan fingerprint density at radius 2 is 1.81 bits per heavy atom. The molecule has 0 unspecified atom stereocenters. The Morgan fingerprint density at radius 1 is 1.08 bits per heavy atom. The second kappa shape index (κ2) is 9.91. The van der Waals surface area contributed by atoms with Gasteiger partial charge >= 0.3 is 12.0 Å². The van der Waals surface area contributed by atoms with E-state index in [-0.39, 0.29) is 24.1 Å². The Kier molecular flexibility index (Phi) is 6.66. The van der Waals surface area contributed by atoms with Crippen molar-refractivity contribution in [3.8, 4) is 22.8 Å². The van der Waals surface area contributed by atoms with Crippen LogP contribution in [0, 0.1) is 12.1 Å². The number of benzene rings is 1. The van der Waals surface area contributed by atoms with Crippen LogP contribution >= 0.6 is 0 Å². The molecular weight excluding hydrogens is 474 g/mol. The van der Waals surface area contributed by atoms with Gasteiger partial charge in [0.15, 0.2) is 6.20 Å². The first-order chi connectivity index (χ1) is 17.7. The van der Waals surface area contributed by atoms with Crippen LogP contribution in [0.15, 0.2) is 30.5 Å². The molecule has 3 aromatic rings. The van der Waals surface area contributed by atoms with Gasteiger partial charge in [-0.05, 0) is 71.1 Å². The first kappa shape index (κ1) is 24.9. The van der Waals surface area contributed by atoms with Crippen molar-refractivity contribution in [2.75, 3.05) is 18.5 Å². The van der Waals surface area contributed by atoms with Gasteiger partial charge in [-0.1, -0.05) is 6.07 Å². The highest BCUT2D eigenvalue weighted by Gasteiger charge is 2.27. The second-order valence-corrected chi connectivity index (χ2v) is 10.6. The van der Waals surface area contributed by atoms with E-state index in [9.17, 15) is 10.0 Å². The predicted octanol–water partition coefficient (Wildman–Crippen LogP) is 4.26. The van der Waals surface area contributed by atoms with E-state index in [1.54, 1.807) is 6.07 Å². The van der Waals surface area contributed by atoms with Crippen LogP contribution in [0.25, 0.3) is 22.0 Å². The normalized spacial score (nSPS) is 19.4. The van der Waals surface area contributed by atoms with Crippen molar-refractivity contribution >= 4 is 22.9 Å². The molecule has 10 nitrogen and oxygen atoms in total. The van der Waals surface area contributed by atoms with E-state index < -0.39 is 5.60 Å². The zero-order valence-electron chi connectivity index (χ0n) is 21.7. The van der Waals surface area contributed by atoms with E-state index >= 15 is 0 Å². The SMILES string of the molecule is Cc1nc(N[C@H]2CC[C@@H](NC(=O)OC(C)(C)C)CC2)nc2ccc(-c3cc[n+]([O-])c4c3OCCO4)cc12. The lowest BCUT2D eigenvalue weighted by Gasteiger charge is -2.30. The maximum Gasteiger partial charge on any atom is 0.423 e. The zero-order valence-corrected chi connectivity index (χ0v) is 21.7. The number of pyridine rings is 1. The Labute approximate surface area is 215 Å². The van der Waals surface area contributed by atoms with Crippen molar-refractivity contribution in [3.05, 3.63) is 41.4 Å². The summed E-state index contributed by atoms with van der Waals surface area (Å²) in [6, 6.07) is 8.03. The monoisotopic (exact) mass is 507 g/mol. The molecule has 1 fully saturated rings. The van der Waals surface area contributed by atoms with Crippen LogP contribution in [0.4, 0.5) is 10.7 Å². The number of amides is 1. The number of ether oxygens (including phenoxy) is 3. The number of hydrogen-bond donors (Lipinski definition) is 2. The van der Waals surface area contributed by atoms with Crippen molar-refractivity contribution in [1.29, 1.82) is 0 Å². The largest absolute Gasteiger partial charge is 0.616 e. The molecular formula is C27H33N5O5. The first-order valence-electron chi connectivity index (χ1n) is 12.7. The van der Waals surface area contributed by atoms with Gasteiger partial charge in [-0.3, -0.25) is 0 Å². The summed E-state index contributed by atoms with van der Waals surface area (Å²) < 4.78 is 17.4. The summed E-state index contributed by atoms with van der Waals surface area (Å²) in [5, 5.41) is 19.5. The standard InChI is InChI=1S/C27H33N5O5/c1-16-21-15-17(20-11-12-32(34)24-23(20)35-13-14-36-24)5-10-22(21)31-25(28-16)29-18-6-8-19(9-7-18)30-26(33)37-27(2,3)4/h5,10-12,15,18-19H,6-9,13-14H2,1-4H3,(H,30,33)(H,28,29,31)/t18-,19+. The number of hydrogen-bond acceptors (Lipinski definition) is 8. The number of nitrogens with zero attached hydrogens (tertiary/aromatic N) is 3. The maximum atomic E-state index is 12.1. The number of nitrogens with one attached hydrogen (secondary N) is 2. The Hall–Kier alpha value is -3.82. The minimum atomic E-state index is -0.503. The Balaban J connectivity index is 1.27. The van der Waals surface area contributed by atoms with Crippen molar-refractivity contribution in [3.63, 3.8) is 0 Å². The molecule has 2 aromatic heterocycles. The molecule has 1 aliphatic heterocycles. The predicted molar refractivity (Wildman–Crippen MR) is 139 cm³/mol. The molecule has 37 heavy (non-hydrogen) atoms. The van der Waals surface area contributed by atoms with E-state index in [2.05, 4.69) is 10.6 Å². The lowest BCUT2D eigenvalue weighted by molar-refractivity contribution is -0.614. The molecule has 1 aromatic carbocycles. The van der Waals surface area contributed by atoms with E-state index in [1.165, 1.54) is 6.20 Å². The van der Waals surface area contributed by atoms with Crippen LogP contribution < -0.4 is 24.8 Å². The van der Waals surface area contributed by atoms with Crippen LogP contribution in [0.3, 0.4) is 0 Å². The van der Waals surface area contributed by atoms with Crippen LogP contribution in [0.1, 0.15) is 52.1 Å². The summed E-state index contributed by atoms with van der Waals surface area (Å²) in [5.74, 6) is 1.24. The van der Waals surface area contributed by atoms with Gasteiger partial charge in [0.25, 0.3) is 0 Å². The molecule has 0 atom stereocenters. The lowest BCUT2D eigenvalue weighted by Crippen LogP contribution is -2.42. The first-order valence-corrected chi connectivity index (χ1v) is 12.7. The van der Waals surface area contributed by atoms with E-state index in [4.69, 9.17) is 24.2 Å². The van der Waals surface area contributed by atoms with Gasteiger partial charge in [0.1, 0.15) is 18.8 Å². The van der Waals surface area contributed by atoms with E-state index in [0.717, 1.165) is 53.4 Å². The van der Waals surface area contributed by atoms with Gasteiger partial charge in [0, 0.05) is 29.1 Å². The average Bonchev–Trinajstić information content (AvgIpc) is 2.84. The summed E-state index contributed by atoms with van der Waals surface area (Å²) in [6.45, 7) is 8.29. The van der Waals surface area contributed by atoms with Crippen LogP contribution in [0.5, 0.6) is 11.6 Å². The van der Waals surface area contributed by atoms with E-state index in [1.807, 2.05) is 45.9 Å². The lowest BCUT2D eigenvalue weighted by atomic mass is 9.91. The summed E-state index contributed by atoms with van der Waals surface area (Å²) in [5.41, 5.74) is 2.88. The van der Waals surface area contributed by atoms with Gasteiger partial charge in [0.2, 0.25) is 11.7 Å². The molecule has 10 heteroatoms. The fourth-order valence-corrected chi connectivity index (χ4v) is 4.83. The van der Waals surface area contributed by atoms with Gasteiger partial charge < -0.3 is 30.1 Å². The summed E-state index contributed by atoms with van der Waals surface area (Å²) in [4.78, 5) is 21.5. The number of aromatic nitrogens is 3. The molecule has 1 aliphatic carbocycles. The summed E-state index contributed by atoms with van der Waals surface area (Å²) in [6.07, 6.45) is 4.61. The molecule has 2 aliphatic rings. The third kappa shape index (κ3) is 5.63. The molecule has 3 heterocycles. The average molecular weight is 508 g/mol. The number of alkyl carbamates (subject to hydrolysis) is 1. The number of rotatable bonds is 4. The van der Waals surface area contributed by atoms with Gasteiger partial charge in [0.05, 0.1) is 11.2 Å². The molecule has 1 saturated carbocycles. The third-order valence-electron chi connectivity index (χ3n) is 6.56. The van der Waals surface area contributed by atoms with Gasteiger partial charge in [-0.25, -0.2) is 14.8 Å². The summed E-state index contributed by atoms with van der Waals surface area (Å²) >= 11 is 0. The fraction of sp³-hybridized carbons (Fsp3) is 0.481. The molecule has 5 rings (SSSR count). The van der Waals surface area contributed by atoms with Gasteiger partial charge in [-0.2, -0.15) is 0 Å². The van der Waals surface area contributed by atoms with E-state index in [0.29, 0.717) is 29.6 Å². The molecule has 0 radical (unpaired) electrons. The molecule has 1 amide bonds. The molecule has 196 valence electrons. The minimum Gasteiger partial charge on any atom is -0.616 e. The summed E-state index contributed by atoms with van der Waals surface area (Å²) in [7, 11) is 0. The smallest absolute Gasteiger partial charge is 0.423 e. The van der Waals surface area contributed by atoms with Gasteiger partial charge in [-0.15, -0.1) is 4.73 Å². The number of aryl methyl sites for hydroxylation is 1. The minimum absolute atomic E-state index is 0.111. The quantitative estimate of drug-likeness (QED) is 0.397.